The normalized spacial score (nSPS) is 12.7. The number of nitrogens with one attached hydrogen (secondary N) is 1. The van der Waals surface area contributed by atoms with Gasteiger partial charge in [0.15, 0.2) is 0 Å². The van der Waals surface area contributed by atoms with E-state index in [1.54, 1.807) is 0 Å². The van der Waals surface area contributed by atoms with Gasteiger partial charge in [0.2, 0.25) is 0 Å². The number of halogens is 1. The Bertz CT molecular complexity index is 382. The zero-order valence-corrected chi connectivity index (χ0v) is 12.7. The molecule has 19 heavy (non-hydrogen) atoms. The van der Waals surface area contributed by atoms with Crippen LogP contribution in [0.2, 0.25) is 5.02 Å². The SMILES string of the molecule is CC(C)CNCc1ccc(OCC(C)CO)c(Cl)c1. The number of aliphatic hydroxyl groups excluding tert-OH is 1. The first kappa shape index (κ1) is 16.3. The van der Waals surface area contributed by atoms with Crippen molar-refractivity contribution in [2.24, 2.45) is 11.8 Å². The molecule has 4 heteroatoms. The van der Waals surface area contributed by atoms with Crippen molar-refractivity contribution in [2.75, 3.05) is 19.8 Å². The van der Waals surface area contributed by atoms with Crippen molar-refractivity contribution in [3.8, 4) is 5.75 Å². The first-order valence-electron chi connectivity index (χ1n) is 6.75. The minimum Gasteiger partial charge on any atom is -0.492 e. The van der Waals surface area contributed by atoms with Gasteiger partial charge in [0, 0.05) is 19.1 Å². The lowest BCUT2D eigenvalue weighted by Crippen LogP contribution is -2.19. The molecule has 0 aromatic heterocycles. The summed E-state index contributed by atoms with van der Waals surface area (Å²) in [4.78, 5) is 0. The standard InChI is InChI=1S/C15H24ClNO2/c1-11(2)7-17-8-13-4-5-15(14(16)6-13)19-10-12(3)9-18/h4-6,11-12,17-18H,7-10H2,1-3H3. The van der Waals surface area contributed by atoms with Crippen molar-refractivity contribution >= 4 is 11.6 Å². The quantitative estimate of drug-likeness (QED) is 0.771. The number of rotatable bonds is 8. The van der Waals surface area contributed by atoms with Gasteiger partial charge in [-0.3, -0.25) is 0 Å². The van der Waals surface area contributed by atoms with E-state index in [1.165, 1.54) is 0 Å². The minimum absolute atomic E-state index is 0.114. The monoisotopic (exact) mass is 285 g/mol. The van der Waals surface area contributed by atoms with Gasteiger partial charge < -0.3 is 15.2 Å². The predicted octanol–water partition coefficient (Wildman–Crippen LogP) is 3.09. The van der Waals surface area contributed by atoms with E-state index in [2.05, 4.69) is 19.2 Å². The van der Waals surface area contributed by atoms with Crippen LogP contribution in [0.1, 0.15) is 26.3 Å². The second-order valence-corrected chi connectivity index (χ2v) is 5.80. The molecule has 1 atom stereocenters. The average molecular weight is 286 g/mol. The van der Waals surface area contributed by atoms with E-state index in [0.29, 0.717) is 23.3 Å². The van der Waals surface area contributed by atoms with E-state index in [1.807, 2.05) is 25.1 Å². The van der Waals surface area contributed by atoms with Crippen molar-refractivity contribution in [1.82, 2.24) is 5.32 Å². The second kappa shape index (κ2) is 8.41. The average Bonchev–Trinajstić information content (AvgIpc) is 2.37. The molecule has 0 aliphatic heterocycles. The molecule has 0 fully saturated rings. The third-order valence-electron chi connectivity index (χ3n) is 2.71. The lowest BCUT2D eigenvalue weighted by atomic mass is 10.2. The number of ether oxygens (including phenoxy) is 1. The molecular formula is C15H24ClNO2. The zero-order chi connectivity index (χ0) is 14.3. The van der Waals surface area contributed by atoms with E-state index in [4.69, 9.17) is 21.4 Å². The molecule has 0 saturated carbocycles. The van der Waals surface area contributed by atoms with Crippen LogP contribution >= 0.6 is 11.6 Å². The Morgan fingerprint density at radius 2 is 2.05 bits per heavy atom. The van der Waals surface area contributed by atoms with E-state index in [9.17, 15) is 0 Å². The van der Waals surface area contributed by atoms with E-state index >= 15 is 0 Å². The maximum Gasteiger partial charge on any atom is 0.137 e. The van der Waals surface area contributed by atoms with Crippen LogP contribution in [0, 0.1) is 11.8 Å². The Hall–Kier alpha value is -0.770. The van der Waals surface area contributed by atoms with Gasteiger partial charge in [-0.15, -0.1) is 0 Å². The smallest absolute Gasteiger partial charge is 0.137 e. The van der Waals surface area contributed by atoms with Crippen LogP contribution in [0.15, 0.2) is 18.2 Å². The third kappa shape index (κ3) is 6.28. The molecule has 108 valence electrons. The topological polar surface area (TPSA) is 41.5 Å². The van der Waals surface area contributed by atoms with Crippen molar-refractivity contribution in [3.63, 3.8) is 0 Å². The molecular weight excluding hydrogens is 262 g/mol. The summed E-state index contributed by atoms with van der Waals surface area (Å²) in [6, 6.07) is 5.82. The maximum atomic E-state index is 8.95. The molecule has 1 unspecified atom stereocenters. The van der Waals surface area contributed by atoms with Crippen LogP contribution in [-0.2, 0) is 6.54 Å². The van der Waals surface area contributed by atoms with Crippen molar-refractivity contribution in [1.29, 1.82) is 0 Å². The molecule has 0 amide bonds. The van der Waals surface area contributed by atoms with Gasteiger partial charge in [-0.25, -0.2) is 0 Å². The van der Waals surface area contributed by atoms with Crippen LogP contribution in [0.5, 0.6) is 5.75 Å². The number of hydrogen-bond donors (Lipinski definition) is 2. The minimum atomic E-state index is 0.114. The summed E-state index contributed by atoms with van der Waals surface area (Å²) in [5, 5.41) is 12.9. The van der Waals surface area contributed by atoms with Crippen LogP contribution in [0.3, 0.4) is 0 Å². The highest BCUT2D eigenvalue weighted by atomic mass is 35.5. The van der Waals surface area contributed by atoms with Gasteiger partial charge in [0.1, 0.15) is 5.75 Å². The first-order valence-corrected chi connectivity index (χ1v) is 7.13. The summed E-state index contributed by atoms with van der Waals surface area (Å²) in [6.07, 6.45) is 0. The van der Waals surface area contributed by atoms with Crippen LogP contribution in [-0.4, -0.2) is 24.9 Å². The van der Waals surface area contributed by atoms with Crippen LogP contribution in [0.4, 0.5) is 0 Å². The van der Waals surface area contributed by atoms with Gasteiger partial charge in [0.25, 0.3) is 0 Å². The molecule has 0 heterocycles. The molecule has 3 nitrogen and oxygen atoms in total. The van der Waals surface area contributed by atoms with Gasteiger partial charge in [-0.2, -0.15) is 0 Å². The Labute approximate surface area is 120 Å². The fourth-order valence-corrected chi connectivity index (χ4v) is 1.82. The van der Waals surface area contributed by atoms with Crippen molar-refractivity contribution in [3.05, 3.63) is 28.8 Å². The molecule has 0 aliphatic carbocycles. The highest BCUT2D eigenvalue weighted by Crippen LogP contribution is 2.25. The predicted molar refractivity (Wildman–Crippen MR) is 79.7 cm³/mol. The molecule has 0 radical (unpaired) electrons. The van der Waals surface area contributed by atoms with Gasteiger partial charge in [-0.05, 0) is 30.2 Å². The van der Waals surface area contributed by atoms with Crippen LogP contribution in [0.25, 0.3) is 0 Å². The summed E-state index contributed by atoms with van der Waals surface area (Å²) >= 11 is 6.18. The Morgan fingerprint density at radius 3 is 2.63 bits per heavy atom. The number of benzene rings is 1. The molecule has 0 spiro atoms. The molecule has 0 aliphatic rings. The van der Waals surface area contributed by atoms with Crippen LogP contribution < -0.4 is 10.1 Å². The lowest BCUT2D eigenvalue weighted by Gasteiger charge is -2.13. The second-order valence-electron chi connectivity index (χ2n) is 5.39. The highest BCUT2D eigenvalue weighted by molar-refractivity contribution is 6.32. The van der Waals surface area contributed by atoms with Crippen molar-refractivity contribution < 1.29 is 9.84 Å². The fraction of sp³-hybridized carbons (Fsp3) is 0.600. The largest absolute Gasteiger partial charge is 0.492 e. The Balaban J connectivity index is 2.49. The Morgan fingerprint density at radius 1 is 1.32 bits per heavy atom. The van der Waals surface area contributed by atoms with E-state index in [0.717, 1.165) is 18.7 Å². The molecule has 0 bridgehead atoms. The molecule has 1 aromatic carbocycles. The molecule has 1 rings (SSSR count). The first-order chi connectivity index (χ1) is 9.02. The van der Waals surface area contributed by atoms with Gasteiger partial charge >= 0.3 is 0 Å². The summed E-state index contributed by atoms with van der Waals surface area (Å²) in [6.45, 7) is 8.68. The summed E-state index contributed by atoms with van der Waals surface area (Å²) < 4.78 is 5.57. The summed E-state index contributed by atoms with van der Waals surface area (Å²) in [5.41, 5.74) is 1.15. The molecule has 1 aromatic rings. The Kier molecular flexibility index (Phi) is 7.21. The van der Waals surface area contributed by atoms with Gasteiger partial charge in [0.05, 0.1) is 11.6 Å². The highest BCUT2D eigenvalue weighted by Gasteiger charge is 2.06. The molecule has 2 N–H and O–H groups in total. The summed E-state index contributed by atoms with van der Waals surface area (Å²) in [5.74, 6) is 1.43. The summed E-state index contributed by atoms with van der Waals surface area (Å²) in [7, 11) is 0. The lowest BCUT2D eigenvalue weighted by molar-refractivity contribution is 0.174. The number of hydrogen-bond acceptors (Lipinski definition) is 3. The molecule has 0 saturated heterocycles. The van der Waals surface area contributed by atoms with E-state index < -0.39 is 0 Å². The third-order valence-corrected chi connectivity index (χ3v) is 3.01. The van der Waals surface area contributed by atoms with Crippen molar-refractivity contribution in [2.45, 2.75) is 27.3 Å². The zero-order valence-electron chi connectivity index (χ0n) is 11.9. The fourth-order valence-electron chi connectivity index (χ4n) is 1.56. The van der Waals surface area contributed by atoms with E-state index in [-0.39, 0.29) is 12.5 Å². The van der Waals surface area contributed by atoms with Gasteiger partial charge in [-0.1, -0.05) is 38.4 Å². The number of aliphatic hydroxyl groups is 1. The maximum absolute atomic E-state index is 8.95.